The molecule has 0 fully saturated rings. The molecule has 0 saturated carbocycles. The van der Waals surface area contributed by atoms with Crippen LogP contribution < -0.4 is 14.8 Å². The van der Waals surface area contributed by atoms with Gasteiger partial charge in [-0.25, -0.2) is 0 Å². The summed E-state index contributed by atoms with van der Waals surface area (Å²) in [6.07, 6.45) is 0.567. The highest BCUT2D eigenvalue weighted by molar-refractivity contribution is 5.73. The second kappa shape index (κ2) is 7.43. The van der Waals surface area contributed by atoms with Crippen LogP contribution in [0.25, 0.3) is 0 Å². The molecule has 0 amide bonds. The Morgan fingerprint density at radius 3 is 2.57 bits per heavy atom. The van der Waals surface area contributed by atoms with Crippen molar-refractivity contribution in [1.29, 1.82) is 0 Å². The molecule has 1 aromatic rings. The molecule has 1 rings (SSSR count). The number of rotatable bonds is 7. The third kappa shape index (κ3) is 5.73. The third-order valence-corrected chi connectivity index (χ3v) is 2.83. The van der Waals surface area contributed by atoms with E-state index < -0.39 is 5.72 Å². The average Bonchev–Trinajstić information content (AvgIpc) is 2.40. The zero-order valence-electron chi connectivity index (χ0n) is 13.4. The first-order chi connectivity index (χ1) is 9.76. The van der Waals surface area contributed by atoms with Crippen molar-refractivity contribution < 1.29 is 19.4 Å². The van der Waals surface area contributed by atoms with Crippen LogP contribution in [0.1, 0.15) is 46.1 Å². The Labute approximate surface area is 126 Å². The molecule has 0 saturated heterocycles. The molecule has 0 radical (unpaired) electrons. The van der Waals surface area contributed by atoms with E-state index in [1.54, 1.807) is 26.8 Å². The quantitative estimate of drug-likeness (QED) is 0.460. The minimum Gasteiger partial charge on any atom is -0.471 e. The van der Waals surface area contributed by atoms with Gasteiger partial charge in [0.2, 0.25) is 0 Å². The highest BCUT2D eigenvalue weighted by atomic mass is 16.6. The Morgan fingerprint density at radius 1 is 1.38 bits per heavy atom. The maximum Gasteiger partial charge on any atom is 0.311 e. The highest BCUT2D eigenvalue weighted by Gasteiger charge is 2.21. The Bertz CT molecular complexity index is 480. The monoisotopic (exact) mass is 295 g/mol. The molecule has 5 nitrogen and oxygen atoms in total. The second-order valence-electron chi connectivity index (χ2n) is 5.45. The number of benzene rings is 1. The summed E-state index contributed by atoms with van der Waals surface area (Å²) < 4.78 is 11.2. The Balaban J connectivity index is 2.96. The van der Waals surface area contributed by atoms with Gasteiger partial charge in [0.15, 0.2) is 17.7 Å². The third-order valence-electron chi connectivity index (χ3n) is 2.83. The fourth-order valence-electron chi connectivity index (χ4n) is 1.80. The molecule has 0 bridgehead atoms. The maximum atomic E-state index is 11.5. The molecule has 0 heterocycles. The van der Waals surface area contributed by atoms with E-state index in [9.17, 15) is 9.90 Å². The van der Waals surface area contributed by atoms with Crippen LogP contribution in [-0.4, -0.2) is 23.0 Å². The minimum atomic E-state index is -1.05. The number of nitrogens with one attached hydrogen (secondary N) is 1. The largest absolute Gasteiger partial charge is 0.471 e. The Kier molecular flexibility index (Phi) is 6.18. The molecule has 118 valence electrons. The molecule has 21 heavy (non-hydrogen) atoms. The van der Waals surface area contributed by atoms with Crippen molar-refractivity contribution in [3.63, 3.8) is 0 Å². The summed E-state index contributed by atoms with van der Waals surface area (Å²) >= 11 is 0. The van der Waals surface area contributed by atoms with Gasteiger partial charge in [0.05, 0.1) is 0 Å². The lowest BCUT2D eigenvalue weighted by molar-refractivity contribution is -0.134. The van der Waals surface area contributed by atoms with Gasteiger partial charge in [0, 0.05) is 6.42 Å². The summed E-state index contributed by atoms with van der Waals surface area (Å²) in [7, 11) is 0. The van der Waals surface area contributed by atoms with Crippen molar-refractivity contribution in [1.82, 2.24) is 5.32 Å². The predicted octanol–water partition coefficient (Wildman–Crippen LogP) is 2.74. The Morgan fingerprint density at radius 2 is 2.05 bits per heavy atom. The zero-order valence-corrected chi connectivity index (χ0v) is 13.4. The van der Waals surface area contributed by atoms with Crippen LogP contribution in [0.3, 0.4) is 0 Å². The van der Waals surface area contributed by atoms with Gasteiger partial charge >= 0.3 is 5.97 Å². The highest BCUT2D eigenvalue weighted by Crippen LogP contribution is 2.32. The number of hydrogen-bond acceptors (Lipinski definition) is 5. The number of aliphatic hydroxyl groups is 1. The first-order valence-electron chi connectivity index (χ1n) is 7.23. The lowest BCUT2D eigenvalue weighted by Crippen LogP contribution is -2.48. The lowest BCUT2D eigenvalue weighted by atomic mass is 10.2. The van der Waals surface area contributed by atoms with Crippen LogP contribution in [0, 0.1) is 6.92 Å². The van der Waals surface area contributed by atoms with Gasteiger partial charge in [-0.1, -0.05) is 26.0 Å². The molecule has 5 heteroatoms. The number of hydrogen-bond donors (Lipinski definition) is 2. The molecule has 1 atom stereocenters. The first-order valence-corrected chi connectivity index (χ1v) is 7.23. The summed E-state index contributed by atoms with van der Waals surface area (Å²) in [5, 5.41) is 12.8. The Hall–Kier alpha value is -1.59. The minimum absolute atomic E-state index is 0.299. The summed E-state index contributed by atoms with van der Waals surface area (Å²) in [5.74, 6) is 0.610. The number of carbonyl (C=O) groups is 1. The molecular weight excluding hydrogens is 270 g/mol. The number of aryl methyl sites for hydroxylation is 1. The van der Waals surface area contributed by atoms with Crippen molar-refractivity contribution in [3.05, 3.63) is 23.8 Å². The normalized spacial score (nSPS) is 12.9. The fraction of sp³-hybridized carbons (Fsp3) is 0.562. The van der Waals surface area contributed by atoms with Crippen molar-refractivity contribution >= 4 is 5.97 Å². The van der Waals surface area contributed by atoms with Crippen LogP contribution in [-0.2, 0) is 4.79 Å². The first kappa shape index (κ1) is 17.5. The van der Waals surface area contributed by atoms with E-state index in [0.717, 1.165) is 5.56 Å². The van der Waals surface area contributed by atoms with Crippen molar-refractivity contribution in [3.8, 4) is 11.5 Å². The van der Waals surface area contributed by atoms with Crippen LogP contribution in [0.5, 0.6) is 11.5 Å². The van der Waals surface area contributed by atoms with Crippen molar-refractivity contribution in [2.75, 3.05) is 0 Å². The fourth-order valence-corrected chi connectivity index (χ4v) is 1.80. The van der Waals surface area contributed by atoms with Gasteiger partial charge < -0.3 is 14.6 Å². The standard InChI is InChI=1S/C16H25NO4/c1-6-13(17-16(4,5)19)20-12-10-8-9-11(3)15(12)21-14(18)7-2/h8-10,13,17,19H,6-7H2,1-5H3/t13-/m0/s1. The van der Waals surface area contributed by atoms with Crippen LogP contribution in [0.2, 0.25) is 0 Å². The molecule has 0 unspecified atom stereocenters. The van der Waals surface area contributed by atoms with Crippen molar-refractivity contribution in [2.45, 2.75) is 59.4 Å². The van der Waals surface area contributed by atoms with E-state index in [0.29, 0.717) is 24.3 Å². The number of para-hydroxylation sites is 1. The van der Waals surface area contributed by atoms with E-state index >= 15 is 0 Å². The van der Waals surface area contributed by atoms with Crippen LogP contribution in [0.15, 0.2) is 18.2 Å². The second-order valence-corrected chi connectivity index (χ2v) is 5.45. The molecule has 2 N–H and O–H groups in total. The molecule has 0 spiro atoms. The van der Waals surface area contributed by atoms with Gasteiger partial charge in [-0.3, -0.25) is 10.1 Å². The average molecular weight is 295 g/mol. The molecule has 0 aliphatic rings. The van der Waals surface area contributed by atoms with E-state index in [-0.39, 0.29) is 12.2 Å². The summed E-state index contributed by atoms with van der Waals surface area (Å²) in [6.45, 7) is 8.83. The van der Waals surface area contributed by atoms with Gasteiger partial charge in [0.25, 0.3) is 0 Å². The van der Waals surface area contributed by atoms with Gasteiger partial charge in [-0.05, 0) is 38.8 Å². The molecule has 1 aromatic carbocycles. The van der Waals surface area contributed by atoms with Crippen LogP contribution >= 0.6 is 0 Å². The molecule has 0 aliphatic heterocycles. The van der Waals surface area contributed by atoms with Gasteiger partial charge in [-0.2, -0.15) is 0 Å². The topological polar surface area (TPSA) is 67.8 Å². The van der Waals surface area contributed by atoms with Crippen LogP contribution in [0.4, 0.5) is 0 Å². The summed E-state index contributed by atoms with van der Waals surface area (Å²) in [4.78, 5) is 11.5. The maximum absolute atomic E-state index is 11.5. The van der Waals surface area contributed by atoms with E-state index in [4.69, 9.17) is 9.47 Å². The molecule has 0 aromatic heterocycles. The van der Waals surface area contributed by atoms with E-state index in [1.807, 2.05) is 26.0 Å². The van der Waals surface area contributed by atoms with Gasteiger partial charge in [-0.15, -0.1) is 0 Å². The zero-order chi connectivity index (χ0) is 16.0. The van der Waals surface area contributed by atoms with Gasteiger partial charge in [0.1, 0.15) is 5.72 Å². The number of carbonyl (C=O) groups excluding carboxylic acids is 1. The summed E-state index contributed by atoms with van der Waals surface area (Å²) in [5.41, 5.74) is -0.225. The number of esters is 1. The van der Waals surface area contributed by atoms with E-state index in [1.165, 1.54) is 0 Å². The number of ether oxygens (including phenoxy) is 2. The summed E-state index contributed by atoms with van der Waals surface area (Å²) in [6, 6.07) is 5.44. The predicted molar refractivity (Wildman–Crippen MR) is 81.2 cm³/mol. The SMILES string of the molecule is CCC(=O)Oc1c(C)cccc1O[C@@H](CC)NC(C)(C)O. The smallest absolute Gasteiger partial charge is 0.311 e. The van der Waals surface area contributed by atoms with Crippen molar-refractivity contribution in [2.24, 2.45) is 0 Å². The molecule has 0 aliphatic carbocycles. The molecular formula is C16H25NO4. The van der Waals surface area contributed by atoms with E-state index in [2.05, 4.69) is 5.32 Å². The lowest BCUT2D eigenvalue weighted by Gasteiger charge is -2.28.